The molecule has 0 aliphatic carbocycles. The third-order valence-corrected chi connectivity index (χ3v) is 1.09. The Morgan fingerprint density at radius 3 is 2.55 bits per heavy atom. The predicted molar refractivity (Wildman–Crippen MR) is 37.7 cm³/mol. The number of hydrogen-bond donors (Lipinski definition) is 2. The van der Waals surface area contributed by atoms with Crippen molar-refractivity contribution in [3.05, 3.63) is 11.3 Å². The summed E-state index contributed by atoms with van der Waals surface area (Å²) in [6.45, 7) is 1.51. The molecular formula is C6H9N3O2. The molecule has 0 radical (unpaired) electrons. The number of carbonyl (C=O) groups excluding carboxylic acids is 1. The predicted octanol–water partition coefficient (Wildman–Crippen LogP) is -0.580. The Kier molecular flexibility index (Phi) is 3.70. The first-order chi connectivity index (χ1) is 5.17. The average molecular weight is 155 g/mol. The van der Waals surface area contributed by atoms with Crippen LogP contribution in [-0.2, 0) is 9.53 Å². The highest BCUT2D eigenvalue weighted by Crippen LogP contribution is 1.99. The molecule has 0 aromatic carbocycles. The number of hydrazine groups is 1. The van der Waals surface area contributed by atoms with E-state index in [0.29, 0.717) is 5.70 Å². The molecule has 0 amide bonds. The summed E-state index contributed by atoms with van der Waals surface area (Å²) in [4.78, 5) is 10.7. The molecular weight excluding hydrogens is 146 g/mol. The van der Waals surface area contributed by atoms with Crippen LogP contribution in [0.5, 0.6) is 0 Å². The van der Waals surface area contributed by atoms with Gasteiger partial charge in [0.15, 0.2) is 5.57 Å². The third-order valence-electron chi connectivity index (χ3n) is 1.09. The number of ether oxygens (including phenoxy) is 1. The molecule has 5 heteroatoms. The Morgan fingerprint density at radius 2 is 2.27 bits per heavy atom. The second-order valence-corrected chi connectivity index (χ2v) is 1.75. The number of nitrogens with two attached hydrogens (primary N) is 1. The average Bonchev–Trinajstić information content (AvgIpc) is 2.05. The quantitative estimate of drug-likeness (QED) is 0.183. The normalized spacial score (nSPS) is 11.1. The van der Waals surface area contributed by atoms with Gasteiger partial charge in [-0.2, -0.15) is 5.26 Å². The van der Waals surface area contributed by atoms with Crippen LogP contribution in [0.1, 0.15) is 6.92 Å². The van der Waals surface area contributed by atoms with E-state index < -0.39 is 5.97 Å². The first-order valence-corrected chi connectivity index (χ1v) is 2.83. The standard InChI is InChI=1S/C6H9N3O2/c1-4(9-8)5(3-7)6(10)11-2/h9H,8H2,1-2H3/b5-4-. The number of methoxy groups -OCH3 is 1. The van der Waals surface area contributed by atoms with E-state index in [1.165, 1.54) is 14.0 Å². The molecule has 0 heterocycles. The summed E-state index contributed by atoms with van der Waals surface area (Å²) in [7, 11) is 1.20. The van der Waals surface area contributed by atoms with Crippen molar-refractivity contribution in [3.63, 3.8) is 0 Å². The molecule has 0 aliphatic rings. The Hall–Kier alpha value is -1.54. The van der Waals surface area contributed by atoms with E-state index in [0.717, 1.165) is 0 Å². The number of esters is 1. The van der Waals surface area contributed by atoms with Gasteiger partial charge in [0, 0.05) is 5.70 Å². The van der Waals surface area contributed by atoms with Crippen LogP contribution in [0.15, 0.2) is 11.3 Å². The molecule has 0 saturated carbocycles. The lowest BCUT2D eigenvalue weighted by Gasteiger charge is -2.01. The maximum atomic E-state index is 10.7. The number of nitriles is 1. The van der Waals surface area contributed by atoms with Crippen molar-refractivity contribution in [1.29, 1.82) is 5.26 Å². The van der Waals surface area contributed by atoms with E-state index in [1.807, 2.05) is 0 Å². The zero-order valence-corrected chi connectivity index (χ0v) is 6.34. The minimum atomic E-state index is -0.692. The summed E-state index contributed by atoms with van der Waals surface area (Å²) in [6.07, 6.45) is 0. The number of nitrogens with one attached hydrogen (secondary N) is 1. The van der Waals surface area contributed by atoms with E-state index in [2.05, 4.69) is 10.2 Å². The molecule has 3 N–H and O–H groups in total. The van der Waals surface area contributed by atoms with Gasteiger partial charge >= 0.3 is 5.97 Å². The lowest BCUT2D eigenvalue weighted by Crippen LogP contribution is -2.22. The fourth-order valence-corrected chi connectivity index (χ4v) is 0.457. The zero-order valence-electron chi connectivity index (χ0n) is 6.34. The lowest BCUT2D eigenvalue weighted by atomic mass is 10.2. The molecule has 11 heavy (non-hydrogen) atoms. The van der Waals surface area contributed by atoms with Crippen LogP contribution in [0.25, 0.3) is 0 Å². The number of nitrogens with zero attached hydrogens (tertiary/aromatic N) is 1. The minimum absolute atomic E-state index is 0.116. The van der Waals surface area contributed by atoms with Crippen LogP contribution in [0.3, 0.4) is 0 Å². The van der Waals surface area contributed by atoms with Crippen molar-refractivity contribution in [3.8, 4) is 6.07 Å². The third kappa shape index (κ3) is 2.27. The van der Waals surface area contributed by atoms with E-state index in [4.69, 9.17) is 11.1 Å². The largest absolute Gasteiger partial charge is 0.465 e. The first-order valence-electron chi connectivity index (χ1n) is 2.83. The molecule has 0 aromatic heterocycles. The van der Waals surface area contributed by atoms with Crippen LogP contribution in [-0.4, -0.2) is 13.1 Å². The smallest absolute Gasteiger partial charge is 0.350 e. The van der Waals surface area contributed by atoms with E-state index in [-0.39, 0.29) is 5.57 Å². The second-order valence-electron chi connectivity index (χ2n) is 1.75. The molecule has 0 fully saturated rings. The molecule has 0 bridgehead atoms. The van der Waals surface area contributed by atoms with Gasteiger partial charge in [-0.3, -0.25) is 5.84 Å². The minimum Gasteiger partial charge on any atom is -0.465 e. The van der Waals surface area contributed by atoms with Crippen molar-refractivity contribution in [2.75, 3.05) is 7.11 Å². The van der Waals surface area contributed by atoms with Gasteiger partial charge in [0.1, 0.15) is 6.07 Å². The fourth-order valence-electron chi connectivity index (χ4n) is 0.457. The monoisotopic (exact) mass is 155 g/mol. The van der Waals surface area contributed by atoms with Crippen molar-refractivity contribution in [1.82, 2.24) is 5.43 Å². The SMILES string of the molecule is COC(=O)/C(C#N)=C(/C)NN. The van der Waals surface area contributed by atoms with Crippen molar-refractivity contribution in [2.45, 2.75) is 6.92 Å². The molecule has 0 spiro atoms. The fraction of sp³-hybridized carbons (Fsp3) is 0.333. The molecule has 0 aliphatic heterocycles. The van der Waals surface area contributed by atoms with Crippen LogP contribution < -0.4 is 11.3 Å². The van der Waals surface area contributed by atoms with Gasteiger partial charge in [0.25, 0.3) is 0 Å². The van der Waals surface area contributed by atoms with E-state index in [1.54, 1.807) is 6.07 Å². The van der Waals surface area contributed by atoms with Crippen molar-refractivity contribution >= 4 is 5.97 Å². The van der Waals surface area contributed by atoms with Gasteiger partial charge in [-0.25, -0.2) is 4.79 Å². The van der Waals surface area contributed by atoms with Crippen molar-refractivity contribution in [2.24, 2.45) is 5.84 Å². The number of hydrogen-bond acceptors (Lipinski definition) is 5. The number of allylic oxidation sites excluding steroid dienone is 1. The van der Waals surface area contributed by atoms with Crippen LogP contribution in [0.4, 0.5) is 0 Å². The Labute approximate surface area is 64.4 Å². The van der Waals surface area contributed by atoms with E-state index in [9.17, 15) is 4.79 Å². The molecule has 60 valence electrons. The van der Waals surface area contributed by atoms with E-state index >= 15 is 0 Å². The second kappa shape index (κ2) is 4.30. The van der Waals surface area contributed by atoms with Gasteiger partial charge in [0.2, 0.25) is 0 Å². The van der Waals surface area contributed by atoms with Gasteiger partial charge < -0.3 is 10.2 Å². The molecule has 0 unspecified atom stereocenters. The highest BCUT2D eigenvalue weighted by atomic mass is 16.5. The molecule has 0 saturated heterocycles. The zero-order chi connectivity index (χ0) is 8.85. The van der Waals surface area contributed by atoms with Crippen LogP contribution in [0, 0.1) is 11.3 Å². The van der Waals surface area contributed by atoms with Gasteiger partial charge in [-0.1, -0.05) is 0 Å². The topological polar surface area (TPSA) is 88.1 Å². The van der Waals surface area contributed by atoms with Gasteiger partial charge in [-0.15, -0.1) is 0 Å². The Balaban J connectivity index is 4.69. The Bertz CT molecular complexity index is 226. The summed E-state index contributed by atoms with van der Waals surface area (Å²) >= 11 is 0. The Morgan fingerprint density at radius 1 is 1.73 bits per heavy atom. The maximum absolute atomic E-state index is 10.7. The summed E-state index contributed by atoms with van der Waals surface area (Å²) in [6, 6.07) is 1.67. The van der Waals surface area contributed by atoms with Crippen LogP contribution in [0.2, 0.25) is 0 Å². The van der Waals surface area contributed by atoms with Gasteiger partial charge in [0.05, 0.1) is 7.11 Å². The number of rotatable bonds is 2. The summed E-state index contributed by atoms with van der Waals surface area (Å²) in [5.74, 6) is 4.28. The van der Waals surface area contributed by atoms with Crippen LogP contribution >= 0.6 is 0 Å². The number of carbonyl (C=O) groups is 1. The maximum Gasteiger partial charge on any atom is 0.350 e. The first kappa shape index (κ1) is 9.46. The van der Waals surface area contributed by atoms with Gasteiger partial charge in [-0.05, 0) is 6.92 Å². The highest BCUT2D eigenvalue weighted by molar-refractivity contribution is 5.93. The highest BCUT2D eigenvalue weighted by Gasteiger charge is 2.11. The summed E-state index contributed by atoms with van der Waals surface area (Å²) < 4.78 is 4.31. The molecule has 5 nitrogen and oxygen atoms in total. The molecule has 0 atom stereocenters. The lowest BCUT2D eigenvalue weighted by molar-refractivity contribution is -0.135. The van der Waals surface area contributed by atoms with Crippen molar-refractivity contribution < 1.29 is 9.53 Å². The molecule has 0 aromatic rings. The summed E-state index contributed by atoms with van der Waals surface area (Å²) in [5, 5.41) is 8.42. The molecule has 0 rings (SSSR count). The summed E-state index contributed by atoms with van der Waals surface area (Å²) in [5.41, 5.74) is 2.36.